The average molecular weight is 262 g/mol. The Kier molecular flexibility index (Phi) is 4.90. The van der Waals surface area contributed by atoms with Crippen molar-refractivity contribution in [3.8, 4) is 5.75 Å². The molecular formula is C12H14ClF2NO. The maximum absolute atomic E-state index is 12.2. The summed E-state index contributed by atoms with van der Waals surface area (Å²) in [6.07, 6.45) is 1.69. The van der Waals surface area contributed by atoms with Crippen LogP contribution in [0, 0.1) is 0 Å². The second kappa shape index (κ2) is 5.98. The lowest BCUT2D eigenvalue weighted by Gasteiger charge is -2.10. The molecule has 0 radical (unpaired) electrons. The zero-order chi connectivity index (χ0) is 13.0. The van der Waals surface area contributed by atoms with E-state index in [1.165, 1.54) is 12.1 Å². The molecule has 1 rings (SSSR count). The number of ether oxygens (including phenoxy) is 1. The summed E-state index contributed by atoms with van der Waals surface area (Å²) in [5.41, 5.74) is 7.03. The second-order valence-corrected chi connectivity index (χ2v) is 4.17. The highest BCUT2D eigenvalue weighted by Gasteiger charge is 2.09. The van der Waals surface area contributed by atoms with Gasteiger partial charge in [-0.2, -0.15) is 8.78 Å². The van der Waals surface area contributed by atoms with E-state index in [2.05, 4.69) is 4.74 Å². The Hall–Kier alpha value is -1.13. The van der Waals surface area contributed by atoms with Crippen molar-refractivity contribution in [2.75, 3.05) is 0 Å². The van der Waals surface area contributed by atoms with Crippen molar-refractivity contribution in [2.24, 2.45) is 5.73 Å². The van der Waals surface area contributed by atoms with Crippen LogP contribution in [-0.2, 0) is 0 Å². The minimum atomic E-state index is -2.86. The van der Waals surface area contributed by atoms with Gasteiger partial charge < -0.3 is 10.5 Å². The van der Waals surface area contributed by atoms with Crippen LogP contribution in [0.3, 0.4) is 0 Å². The van der Waals surface area contributed by atoms with Crippen LogP contribution in [0.5, 0.6) is 5.75 Å². The van der Waals surface area contributed by atoms with Crippen LogP contribution in [0.2, 0.25) is 5.02 Å². The highest BCUT2D eigenvalue weighted by Crippen LogP contribution is 2.26. The Labute approximate surface area is 104 Å². The first kappa shape index (κ1) is 13.9. The topological polar surface area (TPSA) is 35.2 Å². The molecule has 94 valence electrons. The number of hydrogen-bond acceptors (Lipinski definition) is 2. The van der Waals surface area contributed by atoms with Gasteiger partial charge in [0.25, 0.3) is 0 Å². The first-order valence-corrected chi connectivity index (χ1v) is 5.46. The minimum absolute atomic E-state index is 0.0874. The smallest absolute Gasteiger partial charge is 0.387 e. The highest BCUT2D eigenvalue weighted by molar-refractivity contribution is 6.30. The fourth-order valence-electron chi connectivity index (χ4n) is 1.21. The van der Waals surface area contributed by atoms with Crippen LogP contribution in [-0.4, -0.2) is 12.7 Å². The number of hydrogen-bond donors (Lipinski definition) is 1. The van der Waals surface area contributed by atoms with E-state index in [1.54, 1.807) is 12.1 Å². The molecule has 0 heterocycles. The van der Waals surface area contributed by atoms with Gasteiger partial charge in [-0.3, -0.25) is 0 Å². The number of nitrogens with two attached hydrogens (primary N) is 1. The van der Waals surface area contributed by atoms with Crippen LogP contribution in [0.4, 0.5) is 8.78 Å². The molecule has 0 bridgehead atoms. The van der Waals surface area contributed by atoms with Gasteiger partial charge in [-0.05, 0) is 32.0 Å². The van der Waals surface area contributed by atoms with E-state index in [4.69, 9.17) is 17.3 Å². The molecule has 1 atom stereocenters. The van der Waals surface area contributed by atoms with Crippen molar-refractivity contribution >= 4 is 17.7 Å². The highest BCUT2D eigenvalue weighted by atomic mass is 35.5. The molecule has 2 N–H and O–H groups in total. The van der Waals surface area contributed by atoms with E-state index in [0.717, 1.165) is 5.57 Å². The average Bonchev–Trinajstić information content (AvgIpc) is 2.21. The molecule has 2 nitrogen and oxygen atoms in total. The van der Waals surface area contributed by atoms with Gasteiger partial charge in [0.1, 0.15) is 5.75 Å². The van der Waals surface area contributed by atoms with Crippen molar-refractivity contribution in [3.05, 3.63) is 34.4 Å². The predicted molar refractivity (Wildman–Crippen MR) is 65.4 cm³/mol. The fraction of sp³-hybridized carbons (Fsp3) is 0.333. The lowest BCUT2D eigenvalue weighted by molar-refractivity contribution is -0.0499. The Morgan fingerprint density at radius 1 is 1.47 bits per heavy atom. The molecule has 0 amide bonds. The quantitative estimate of drug-likeness (QED) is 0.897. The lowest BCUT2D eigenvalue weighted by Crippen LogP contribution is -2.15. The van der Waals surface area contributed by atoms with Crippen LogP contribution in [0.15, 0.2) is 23.8 Å². The molecule has 17 heavy (non-hydrogen) atoms. The molecular weight excluding hydrogens is 248 g/mol. The molecule has 0 aromatic heterocycles. The van der Waals surface area contributed by atoms with E-state index in [0.29, 0.717) is 10.6 Å². The monoisotopic (exact) mass is 261 g/mol. The van der Waals surface area contributed by atoms with E-state index >= 15 is 0 Å². The molecule has 0 aliphatic rings. The first-order chi connectivity index (χ1) is 7.90. The van der Waals surface area contributed by atoms with Crippen molar-refractivity contribution in [1.82, 2.24) is 0 Å². The second-order valence-electron chi connectivity index (χ2n) is 3.74. The van der Waals surface area contributed by atoms with Gasteiger partial charge in [0.2, 0.25) is 0 Å². The molecule has 0 saturated carbocycles. The minimum Gasteiger partial charge on any atom is -0.434 e. The summed E-state index contributed by atoms with van der Waals surface area (Å²) in [5, 5.41) is 0.454. The Morgan fingerprint density at radius 3 is 2.65 bits per heavy atom. The summed E-state index contributed by atoms with van der Waals surface area (Å²) < 4.78 is 28.8. The molecule has 5 heteroatoms. The van der Waals surface area contributed by atoms with E-state index in [9.17, 15) is 8.78 Å². The summed E-state index contributed by atoms with van der Waals surface area (Å²) in [6.45, 7) is 0.765. The maximum Gasteiger partial charge on any atom is 0.387 e. The zero-order valence-corrected chi connectivity index (χ0v) is 10.3. The Balaban J connectivity index is 3.11. The molecule has 0 fully saturated rings. The lowest BCUT2D eigenvalue weighted by atomic mass is 10.1. The predicted octanol–water partition coefficient (Wildman–Crippen LogP) is 3.69. The van der Waals surface area contributed by atoms with Gasteiger partial charge in [-0.1, -0.05) is 23.3 Å². The molecule has 0 aliphatic heterocycles. The Bertz CT molecular complexity index is 419. The van der Waals surface area contributed by atoms with Gasteiger partial charge in [0.15, 0.2) is 0 Å². The van der Waals surface area contributed by atoms with Gasteiger partial charge in [0.05, 0.1) is 0 Å². The number of benzene rings is 1. The number of halogens is 3. The van der Waals surface area contributed by atoms with Gasteiger partial charge in [-0.25, -0.2) is 0 Å². The van der Waals surface area contributed by atoms with Crippen molar-refractivity contribution in [2.45, 2.75) is 26.5 Å². The largest absolute Gasteiger partial charge is 0.434 e. The van der Waals surface area contributed by atoms with Crippen LogP contribution < -0.4 is 10.5 Å². The Morgan fingerprint density at radius 2 is 2.12 bits per heavy atom. The number of rotatable bonds is 4. The normalized spacial score (nSPS) is 13.9. The van der Waals surface area contributed by atoms with E-state index in [1.807, 2.05) is 13.8 Å². The first-order valence-electron chi connectivity index (χ1n) is 5.08. The molecule has 0 spiro atoms. The SMILES string of the molecule is C/C(=C\c1cc(Cl)ccc1OC(F)F)C(C)N. The van der Waals surface area contributed by atoms with Crippen LogP contribution >= 0.6 is 11.6 Å². The van der Waals surface area contributed by atoms with Crippen LogP contribution in [0.1, 0.15) is 19.4 Å². The summed E-state index contributed by atoms with van der Waals surface area (Å²) in [6, 6.07) is 4.31. The zero-order valence-electron chi connectivity index (χ0n) is 9.58. The van der Waals surface area contributed by atoms with Crippen molar-refractivity contribution < 1.29 is 13.5 Å². The van der Waals surface area contributed by atoms with Crippen molar-refractivity contribution in [1.29, 1.82) is 0 Å². The maximum atomic E-state index is 12.2. The standard InChI is InChI=1S/C12H14ClF2NO/c1-7(8(2)16)5-9-6-10(13)3-4-11(9)17-12(14)15/h3-6,8,12H,16H2,1-2H3/b7-5+. The van der Waals surface area contributed by atoms with E-state index in [-0.39, 0.29) is 11.8 Å². The molecule has 0 aliphatic carbocycles. The summed E-state index contributed by atoms with van der Waals surface area (Å²) in [5.74, 6) is 0.0874. The van der Waals surface area contributed by atoms with Gasteiger partial charge in [0, 0.05) is 16.6 Å². The molecule has 0 saturated heterocycles. The molecule has 1 aromatic carbocycles. The molecule has 1 aromatic rings. The fourth-order valence-corrected chi connectivity index (χ4v) is 1.39. The van der Waals surface area contributed by atoms with Gasteiger partial charge >= 0.3 is 6.61 Å². The summed E-state index contributed by atoms with van der Waals surface area (Å²) >= 11 is 5.81. The van der Waals surface area contributed by atoms with E-state index < -0.39 is 6.61 Å². The summed E-state index contributed by atoms with van der Waals surface area (Å²) in [4.78, 5) is 0. The summed E-state index contributed by atoms with van der Waals surface area (Å²) in [7, 11) is 0. The molecule has 1 unspecified atom stereocenters. The number of alkyl halides is 2. The van der Waals surface area contributed by atoms with Gasteiger partial charge in [-0.15, -0.1) is 0 Å². The third-order valence-corrected chi connectivity index (χ3v) is 2.52. The third-order valence-electron chi connectivity index (χ3n) is 2.29. The van der Waals surface area contributed by atoms with Crippen molar-refractivity contribution in [3.63, 3.8) is 0 Å². The van der Waals surface area contributed by atoms with Crippen LogP contribution in [0.25, 0.3) is 6.08 Å². The third kappa shape index (κ3) is 4.32.